The van der Waals surface area contributed by atoms with Crippen LogP contribution in [0.25, 0.3) is 0 Å². The number of ether oxygens (including phenoxy) is 1. The van der Waals surface area contributed by atoms with E-state index in [1.54, 1.807) is 6.20 Å². The zero-order valence-electron chi connectivity index (χ0n) is 11.6. The minimum atomic E-state index is 0.163. The highest BCUT2D eigenvalue weighted by molar-refractivity contribution is 5.12. The van der Waals surface area contributed by atoms with Gasteiger partial charge in [-0.3, -0.25) is 9.88 Å². The fraction of sp³-hybridized carbons (Fsp3) is 0.500. The highest BCUT2D eigenvalue weighted by Crippen LogP contribution is 2.10. The molecular weight excluding hydrogens is 254 g/mol. The number of nitrogens with zero attached hydrogens (tertiary/aromatic N) is 5. The number of hydrogen-bond donors (Lipinski definition) is 0. The molecule has 0 bridgehead atoms. The van der Waals surface area contributed by atoms with E-state index in [1.165, 1.54) is 5.56 Å². The maximum Gasteiger partial charge on any atom is 0.0898 e. The van der Waals surface area contributed by atoms with Crippen molar-refractivity contribution in [1.82, 2.24) is 24.9 Å². The molecule has 1 atom stereocenters. The third-order valence-electron chi connectivity index (χ3n) is 3.44. The second-order valence-electron chi connectivity index (χ2n) is 5.18. The Labute approximate surface area is 118 Å². The van der Waals surface area contributed by atoms with Crippen molar-refractivity contribution in [1.29, 1.82) is 0 Å². The lowest BCUT2D eigenvalue weighted by atomic mass is 10.2. The molecule has 2 aromatic rings. The molecule has 106 valence electrons. The van der Waals surface area contributed by atoms with Crippen LogP contribution in [0.15, 0.2) is 30.7 Å². The third-order valence-corrected chi connectivity index (χ3v) is 3.44. The predicted octanol–water partition coefficient (Wildman–Crippen LogP) is 0.883. The molecule has 3 heterocycles. The molecule has 2 aromatic heterocycles. The first kappa shape index (κ1) is 13.2. The highest BCUT2D eigenvalue weighted by atomic mass is 16.5. The van der Waals surface area contributed by atoms with Crippen molar-refractivity contribution in [3.63, 3.8) is 0 Å². The number of morpholine rings is 1. The minimum absolute atomic E-state index is 0.163. The lowest BCUT2D eigenvalue weighted by Gasteiger charge is -2.32. The molecule has 0 spiro atoms. The van der Waals surface area contributed by atoms with Gasteiger partial charge in [-0.1, -0.05) is 11.3 Å². The van der Waals surface area contributed by atoms with E-state index >= 15 is 0 Å². The van der Waals surface area contributed by atoms with Gasteiger partial charge in [0.25, 0.3) is 0 Å². The molecule has 0 radical (unpaired) electrons. The molecule has 1 unspecified atom stereocenters. The molecule has 3 rings (SSSR count). The van der Waals surface area contributed by atoms with Crippen LogP contribution in [-0.2, 0) is 17.8 Å². The summed E-state index contributed by atoms with van der Waals surface area (Å²) in [6, 6.07) is 4.20. The topological polar surface area (TPSA) is 56.1 Å². The van der Waals surface area contributed by atoms with Crippen molar-refractivity contribution >= 4 is 0 Å². The van der Waals surface area contributed by atoms with Gasteiger partial charge in [-0.2, -0.15) is 0 Å². The van der Waals surface area contributed by atoms with Crippen molar-refractivity contribution in [3.05, 3.63) is 42.0 Å². The number of aromatic nitrogens is 4. The van der Waals surface area contributed by atoms with Crippen molar-refractivity contribution < 1.29 is 4.74 Å². The van der Waals surface area contributed by atoms with Crippen LogP contribution in [0, 0.1) is 6.92 Å². The molecule has 0 saturated carbocycles. The minimum Gasteiger partial charge on any atom is -0.374 e. The van der Waals surface area contributed by atoms with Crippen LogP contribution in [0.1, 0.15) is 11.3 Å². The SMILES string of the molecule is Cc1ccc(CN2CCOC(Cn3ccnn3)C2)nc1. The normalized spacial score (nSPS) is 20.1. The summed E-state index contributed by atoms with van der Waals surface area (Å²) in [7, 11) is 0. The predicted molar refractivity (Wildman–Crippen MR) is 74.0 cm³/mol. The summed E-state index contributed by atoms with van der Waals surface area (Å²) in [5, 5.41) is 7.80. The first-order chi connectivity index (χ1) is 9.79. The lowest BCUT2D eigenvalue weighted by Crippen LogP contribution is -2.43. The molecule has 1 saturated heterocycles. The molecule has 1 aliphatic heterocycles. The average molecular weight is 273 g/mol. The summed E-state index contributed by atoms with van der Waals surface area (Å²) < 4.78 is 7.61. The van der Waals surface area contributed by atoms with Gasteiger partial charge >= 0.3 is 0 Å². The quantitative estimate of drug-likeness (QED) is 0.828. The highest BCUT2D eigenvalue weighted by Gasteiger charge is 2.21. The maximum atomic E-state index is 5.79. The van der Waals surface area contributed by atoms with Crippen molar-refractivity contribution in [3.8, 4) is 0 Å². The van der Waals surface area contributed by atoms with Crippen molar-refractivity contribution in [2.75, 3.05) is 19.7 Å². The maximum absolute atomic E-state index is 5.79. The second-order valence-corrected chi connectivity index (χ2v) is 5.18. The molecule has 0 aromatic carbocycles. The molecule has 0 N–H and O–H groups in total. The van der Waals surface area contributed by atoms with E-state index in [1.807, 2.05) is 17.1 Å². The Morgan fingerprint density at radius 1 is 1.40 bits per heavy atom. The first-order valence-electron chi connectivity index (χ1n) is 6.89. The van der Waals surface area contributed by atoms with Gasteiger partial charge in [-0.15, -0.1) is 5.10 Å². The number of aryl methyl sites for hydroxylation is 1. The summed E-state index contributed by atoms with van der Waals surface area (Å²) in [6.45, 7) is 6.28. The Morgan fingerprint density at radius 2 is 2.35 bits per heavy atom. The Balaban J connectivity index is 1.56. The summed E-state index contributed by atoms with van der Waals surface area (Å²) in [5.41, 5.74) is 2.30. The van der Waals surface area contributed by atoms with Crippen molar-refractivity contribution in [2.45, 2.75) is 26.1 Å². The molecule has 6 heteroatoms. The first-order valence-corrected chi connectivity index (χ1v) is 6.89. The number of rotatable bonds is 4. The largest absolute Gasteiger partial charge is 0.374 e. The van der Waals surface area contributed by atoms with Crippen LogP contribution in [-0.4, -0.2) is 50.7 Å². The number of hydrogen-bond acceptors (Lipinski definition) is 5. The Morgan fingerprint density at radius 3 is 3.10 bits per heavy atom. The van der Waals surface area contributed by atoms with Gasteiger partial charge in [-0.05, 0) is 18.6 Å². The summed E-state index contributed by atoms with van der Waals surface area (Å²) in [4.78, 5) is 6.84. The van der Waals surface area contributed by atoms with Crippen LogP contribution in [0.5, 0.6) is 0 Å². The Hall–Kier alpha value is -1.79. The Bertz CT molecular complexity index is 525. The zero-order chi connectivity index (χ0) is 13.8. The van der Waals surface area contributed by atoms with Gasteiger partial charge in [0.05, 0.1) is 31.1 Å². The fourth-order valence-electron chi connectivity index (χ4n) is 2.39. The van der Waals surface area contributed by atoms with Crippen LogP contribution >= 0.6 is 0 Å². The standard InChI is InChI=1S/C14H19N5O/c1-12-2-3-13(15-8-12)9-18-6-7-20-14(10-18)11-19-5-4-16-17-19/h2-5,8,14H,6-7,9-11H2,1H3. The Kier molecular flexibility index (Phi) is 4.03. The van der Waals surface area contributed by atoms with E-state index < -0.39 is 0 Å². The molecule has 0 aliphatic carbocycles. The molecule has 1 fully saturated rings. The summed E-state index contributed by atoms with van der Waals surface area (Å²) in [6.07, 6.45) is 5.64. The van der Waals surface area contributed by atoms with Crippen LogP contribution < -0.4 is 0 Å². The third kappa shape index (κ3) is 3.40. The van der Waals surface area contributed by atoms with Crippen LogP contribution in [0.3, 0.4) is 0 Å². The van der Waals surface area contributed by atoms with Gasteiger partial charge in [-0.25, -0.2) is 4.68 Å². The molecular formula is C14H19N5O. The monoisotopic (exact) mass is 273 g/mol. The van der Waals surface area contributed by atoms with E-state index in [2.05, 4.69) is 39.3 Å². The average Bonchev–Trinajstić information content (AvgIpc) is 2.95. The zero-order valence-corrected chi connectivity index (χ0v) is 11.6. The molecule has 0 amide bonds. The summed E-state index contributed by atoms with van der Waals surface area (Å²) >= 11 is 0. The number of pyridine rings is 1. The van der Waals surface area contributed by atoms with Crippen LogP contribution in [0.4, 0.5) is 0 Å². The van der Waals surface area contributed by atoms with Gasteiger partial charge in [0.2, 0.25) is 0 Å². The van der Waals surface area contributed by atoms with E-state index in [0.29, 0.717) is 0 Å². The van der Waals surface area contributed by atoms with Gasteiger partial charge < -0.3 is 4.74 Å². The fourth-order valence-corrected chi connectivity index (χ4v) is 2.39. The smallest absolute Gasteiger partial charge is 0.0898 e. The van der Waals surface area contributed by atoms with E-state index in [0.717, 1.165) is 38.5 Å². The lowest BCUT2D eigenvalue weighted by molar-refractivity contribution is -0.0407. The van der Waals surface area contributed by atoms with Crippen LogP contribution in [0.2, 0.25) is 0 Å². The van der Waals surface area contributed by atoms with E-state index in [9.17, 15) is 0 Å². The van der Waals surface area contributed by atoms with E-state index in [-0.39, 0.29) is 6.10 Å². The molecule has 1 aliphatic rings. The van der Waals surface area contributed by atoms with Gasteiger partial charge in [0.15, 0.2) is 0 Å². The second kappa shape index (κ2) is 6.11. The molecule has 6 nitrogen and oxygen atoms in total. The summed E-state index contributed by atoms with van der Waals surface area (Å²) in [5.74, 6) is 0. The van der Waals surface area contributed by atoms with E-state index in [4.69, 9.17) is 4.74 Å². The molecule has 20 heavy (non-hydrogen) atoms. The van der Waals surface area contributed by atoms with Gasteiger partial charge in [0.1, 0.15) is 0 Å². The van der Waals surface area contributed by atoms with Crippen molar-refractivity contribution in [2.24, 2.45) is 0 Å². The van der Waals surface area contributed by atoms with Gasteiger partial charge in [0, 0.05) is 32.0 Å².